The number of nitrogens with zero attached hydrogens (tertiary/aromatic N) is 2. The Kier molecular flexibility index (Phi) is 5.54. The van der Waals surface area contributed by atoms with Gasteiger partial charge in [0.15, 0.2) is 0 Å². The highest BCUT2D eigenvalue weighted by Gasteiger charge is 2.12. The van der Waals surface area contributed by atoms with E-state index in [0.29, 0.717) is 11.3 Å². The maximum absolute atomic E-state index is 12.4. The van der Waals surface area contributed by atoms with Crippen molar-refractivity contribution in [3.63, 3.8) is 0 Å². The molecule has 0 saturated carbocycles. The van der Waals surface area contributed by atoms with E-state index in [1.54, 1.807) is 46.4 Å². The van der Waals surface area contributed by atoms with Gasteiger partial charge in [-0.2, -0.15) is 5.10 Å². The summed E-state index contributed by atoms with van der Waals surface area (Å²) >= 11 is 1.59. The van der Waals surface area contributed by atoms with E-state index in [4.69, 9.17) is 10.8 Å². The third-order valence-corrected chi connectivity index (χ3v) is 5.25. The van der Waals surface area contributed by atoms with Crippen LogP contribution in [0.5, 0.6) is 0 Å². The second-order valence-electron chi connectivity index (χ2n) is 6.45. The maximum Gasteiger partial charge on any atom is 0.248 e. The highest BCUT2D eigenvalue weighted by atomic mass is 32.1. The maximum atomic E-state index is 12.4. The molecule has 0 atom stereocenters. The fourth-order valence-corrected chi connectivity index (χ4v) is 3.63. The van der Waals surface area contributed by atoms with Crippen molar-refractivity contribution in [2.24, 2.45) is 5.73 Å². The zero-order valence-electron chi connectivity index (χ0n) is 15.9. The fraction of sp³-hybridized carbons (Fsp3) is 0. The van der Waals surface area contributed by atoms with Crippen LogP contribution in [0.4, 0.5) is 5.69 Å². The predicted molar refractivity (Wildman–Crippen MR) is 120 cm³/mol. The van der Waals surface area contributed by atoms with E-state index in [1.807, 2.05) is 54.0 Å². The van der Waals surface area contributed by atoms with E-state index in [9.17, 15) is 9.59 Å². The lowest BCUT2D eigenvalue weighted by Gasteiger charge is -2.02. The first-order chi connectivity index (χ1) is 14.6. The molecule has 148 valence electrons. The van der Waals surface area contributed by atoms with Gasteiger partial charge < -0.3 is 11.1 Å². The number of carbonyl (C=O) groups excluding carboxylic acids is 2. The number of primary amides is 1. The molecule has 3 N–H and O–H groups in total. The number of carbonyl (C=O) groups is 2. The van der Waals surface area contributed by atoms with Gasteiger partial charge in [0.25, 0.3) is 0 Å². The summed E-state index contributed by atoms with van der Waals surface area (Å²) in [5.74, 6) is -0.796. The molecule has 7 heteroatoms. The summed E-state index contributed by atoms with van der Waals surface area (Å²) in [6.45, 7) is 0. The van der Waals surface area contributed by atoms with Crippen LogP contribution >= 0.6 is 11.3 Å². The number of amides is 2. The summed E-state index contributed by atoms with van der Waals surface area (Å²) < 4.78 is 1.80. The minimum atomic E-state index is -0.510. The third kappa shape index (κ3) is 4.37. The molecular weight excluding hydrogens is 396 g/mol. The molecule has 0 radical (unpaired) electrons. The zero-order valence-corrected chi connectivity index (χ0v) is 16.7. The molecule has 4 rings (SSSR count). The Balaban J connectivity index is 1.57. The van der Waals surface area contributed by atoms with Crippen LogP contribution in [0.1, 0.15) is 15.9 Å². The summed E-state index contributed by atoms with van der Waals surface area (Å²) in [5, 5.41) is 9.47. The lowest BCUT2D eigenvalue weighted by molar-refractivity contribution is -0.111. The average molecular weight is 414 g/mol. The first-order valence-electron chi connectivity index (χ1n) is 9.18. The molecule has 0 aliphatic heterocycles. The van der Waals surface area contributed by atoms with Crippen molar-refractivity contribution in [3.05, 3.63) is 95.5 Å². The van der Waals surface area contributed by atoms with Gasteiger partial charge in [-0.15, -0.1) is 11.3 Å². The second-order valence-corrected chi connectivity index (χ2v) is 7.40. The predicted octanol–water partition coefficient (Wildman–Crippen LogP) is 4.35. The lowest BCUT2D eigenvalue weighted by Crippen LogP contribution is -2.11. The molecule has 0 aliphatic rings. The van der Waals surface area contributed by atoms with Crippen LogP contribution in [-0.2, 0) is 4.79 Å². The molecule has 2 aromatic carbocycles. The van der Waals surface area contributed by atoms with Crippen molar-refractivity contribution in [2.45, 2.75) is 0 Å². The van der Waals surface area contributed by atoms with Crippen LogP contribution in [0.25, 0.3) is 22.3 Å². The van der Waals surface area contributed by atoms with Gasteiger partial charge in [-0.05, 0) is 53.9 Å². The third-order valence-electron chi connectivity index (χ3n) is 4.37. The SMILES string of the molecule is NC(=O)c1ccc(NC(=O)/C=C/c2cn(-c3ccccc3)nc2-c2cccs2)cc1. The van der Waals surface area contributed by atoms with Gasteiger partial charge in [-0.25, -0.2) is 4.68 Å². The number of anilines is 1. The van der Waals surface area contributed by atoms with Gasteiger partial charge in [0.05, 0.1) is 10.6 Å². The van der Waals surface area contributed by atoms with Crippen LogP contribution in [0.3, 0.4) is 0 Å². The Morgan fingerprint density at radius 2 is 1.77 bits per heavy atom. The van der Waals surface area contributed by atoms with Crippen LogP contribution < -0.4 is 11.1 Å². The molecule has 2 amide bonds. The van der Waals surface area contributed by atoms with Crippen LogP contribution in [-0.4, -0.2) is 21.6 Å². The number of rotatable bonds is 6. The molecule has 0 spiro atoms. The van der Waals surface area contributed by atoms with Crippen molar-refractivity contribution in [1.29, 1.82) is 0 Å². The number of thiophene rings is 1. The summed E-state index contributed by atoms with van der Waals surface area (Å²) in [6.07, 6.45) is 5.11. The molecule has 0 bridgehead atoms. The molecule has 0 aliphatic carbocycles. The summed E-state index contributed by atoms with van der Waals surface area (Å²) in [4.78, 5) is 24.5. The standard InChI is InChI=1S/C23H18N4O2S/c24-23(29)16-8-11-18(12-9-16)25-21(28)13-10-17-15-27(19-5-2-1-3-6-19)26-22(17)20-7-4-14-30-20/h1-15H,(H2,24,29)(H,25,28)/b13-10+. The molecule has 0 unspecified atom stereocenters. The number of benzene rings is 2. The summed E-state index contributed by atoms with van der Waals surface area (Å²) in [6, 6.07) is 20.2. The number of nitrogens with one attached hydrogen (secondary N) is 1. The van der Waals surface area contributed by atoms with Crippen molar-refractivity contribution in [2.75, 3.05) is 5.32 Å². The van der Waals surface area contributed by atoms with Gasteiger partial charge >= 0.3 is 0 Å². The van der Waals surface area contributed by atoms with E-state index in [-0.39, 0.29) is 5.91 Å². The van der Waals surface area contributed by atoms with Crippen molar-refractivity contribution in [1.82, 2.24) is 9.78 Å². The van der Waals surface area contributed by atoms with E-state index in [2.05, 4.69) is 5.32 Å². The van der Waals surface area contributed by atoms with E-state index in [1.165, 1.54) is 6.08 Å². The quantitative estimate of drug-likeness (QED) is 0.460. The number of aromatic nitrogens is 2. The molecule has 2 aromatic heterocycles. The van der Waals surface area contributed by atoms with Gasteiger partial charge in [0.2, 0.25) is 11.8 Å². The largest absolute Gasteiger partial charge is 0.366 e. The highest BCUT2D eigenvalue weighted by Crippen LogP contribution is 2.28. The molecule has 4 aromatic rings. The van der Waals surface area contributed by atoms with Gasteiger partial charge in [0.1, 0.15) is 5.69 Å². The Morgan fingerprint density at radius 1 is 1.00 bits per heavy atom. The molecule has 6 nitrogen and oxygen atoms in total. The van der Waals surface area contributed by atoms with E-state index in [0.717, 1.165) is 21.8 Å². The number of hydrogen-bond donors (Lipinski definition) is 2. The van der Waals surface area contributed by atoms with Crippen molar-refractivity contribution in [3.8, 4) is 16.3 Å². The summed E-state index contributed by atoms with van der Waals surface area (Å²) in [5.41, 5.74) is 8.78. The normalized spacial score (nSPS) is 10.9. The number of nitrogens with two attached hydrogens (primary N) is 1. The summed E-state index contributed by atoms with van der Waals surface area (Å²) in [7, 11) is 0. The average Bonchev–Trinajstić information content (AvgIpc) is 3.43. The molecule has 30 heavy (non-hydrogen) atoms. The van der Waals surface area contributed by atoms with Gasteiger partial charge in [-0.1, -0.05) is 24.3 Å². The van der Waals surface area contributed by atoms with E-state index >= 15 is 0 Å². The smallest absolute Gasteiger partial charge is 0.248 e. The van der Waals surface area contributed by atoms with Crippen molar-refractivity contribution < 1.29 is 9.59 Å². The second kappa shape index (κ2) is 8.59. The first kappa shape index (κ1) is 19.4. The molecule has 2 heterocycles. The van der Waals surface area contributed by atoms with Crippen LogP contribution in [0.15, 0.2) is 84.4 Å². The zero-order chi connectivity index (χ0) is 20.9. The van der Waals surface area contributed by atoms with Crippen molar-refractivity contribution >= 4 is 34.9 Å². The molecule has 0 fully saturated rings. The Bertz CT molecular complexity index is 1190. The monoisotopic (exact) mass is 414 g/mol. The van der Waals surface area contributed by atoms with Gasteiger partial charge in [-0.3, -0.25) is 9.59 Å². The lowest BCUT2D eigenvalue weighted by atomic mass is 10.2. The van der Waals surface area contributed by atoms with Crippen LogP contribution in [0.2, 0.25) is 0 Å². The molecule has 0 saturated heterocycles. The Morgan fingerprint density at radius 3 is 2.43 bits per heavy atom. The number of hydrogen-bond acceptors (Lipinski definition) is 4. The highest BCUT2D eigenvalue weighted by molar-refractivity contribution is 7.13. The minimum absolute atomic E-state index is 0.286. The Hall–Kier alpha value is -3.97. The van der Waals surface area contributed by atoms with Crippen LogP contribution in [0, 0.1) is 0 Å². The first-order valence-corrected chi connectivity index (χ1v) is 10.1. The molecular formula is C23H18N4O2S. The number of para-hydroxylation sites is 1. The van der Waals surface area contributed by atoms with E-state index < -0.39 is 5.91 Å². The fourth-order valence-electron chi connectivity index (χ4n) is 2.89. The Labute approximate surface area is 177 Å². The van der Waals surface area contributed by atoms with Gasteiger partial charge in [0, 0.05) is 29.1 Å². The topological polar surface area (TPSA) is 90.0 Å². The minimum Gasteiger partial charge on any atom is -0.366 e.